The molecule has 16 heavy (non-hydrogen) atoms. The molecule has 0 aromatic heterocycles. The molecule has 0 aliphatic rings. The summed E-state index contributed by atoms with van der Waals surface area (Å²) in [6.45, 7) is 5.26. The Morgan fingerprint density at radius 3 is 2.00 bits per heavy atom. The van der Waals surface area contributed by atoms with E-state index in [1.165, 1.54) is 0 Å². The molecule has 0 saturated heterocycles. The van der Waals surface area contributed by atoms with Gasteiger partial charge in [-0.05, 0) is 12.1 Å². The molecular weight excluding hydrogens is 204 g/mol. The third-order valence-corrected chi connectivity index (χ3v) is 1.87. The zero-order chi connectivity index (χ0) is 12.4. The first-order valence-electron chi connectivity index (χ1n) is 5.48. The third kappa shape index (κ3) is 3.98. The topological polar surface area (TPSA) is 56.5 Å². The minimum atomic E-state index is 0.571. The van der Waals surface area contributed by atoms with Crippen LogP contribution in [0.15, 0.2) is 18.2 Å². The fourth-order valence-electron chi connectivity index (χ4n) is 1.22. The van der Waals surface area contributed by atoms with Crippen LogP contribution in [0.3, 0.4) is 0 Å². The van der Waals surface area contributed by atoms with Crippen LogP contribution in [0, 0.1) is 0 Å². The minimum absolute atomic E-state index is 0.571. The molecule has 0 atom stereocenters. The highest BCUT2D eigenvalue weighted by Crippen LogP contribution is 2.33. The van der Waals surface area contributed by atoms with Crippen LogP contribution in [0.1, 0.15) is 13.8 Å². The van der Waals surface area contributed by atoms with E-state index < -0.39 is 0 Å². The second-order valence-electron chi connectivity index (χ2n) is 2.75. The fourth-order valence-corrected chi connectivity index (χ4v) is 1.22. The summed E-state index contributed by atoms with van der Waals surface area (Å²) in [6, 6.07) is 5.63. The van der Waals surface area contributed by atoms with Crippen molar-refractivity contribution < 1.29 is 9.47 Å². The second kappa shape index (κ2) is 8.85. The van der Waals surface area contributed by atoms with Gasteiger partial charge in [0.1, 0.15) is 17.2 Å². The van der Waals surface area contributed by atoms with Crippen LogP contribution in [0.25, 0.3) is 0 Å². The van der Waals surface area contributed by atoms with E-state index in [0.717, 1.165) is 17.2 Å². The van der Waals surface area contributed by atoms with Gasteiger partial charge in [0.05, 0.1) is 14.2 Å². The van der Waals surface area contributed by atoms with Crippen molar-refractivity contribution in [2.45, 2.75) is 13.8 Å². The van der Waals surface area contributed by atoms with E-state index in [0.29, 0.717) is 13.1 Å². The van der Waals surface area contributed by atoms with Crippen molar-refractivity contribution in [2.75, 3.05) is 32.6 Å². The molecule has 1 aromatic carbocycles. The Morgan fingerprint density at radius 1 is 1.12 bits per heavy atom. The van der Waals surface area contributed by atoms with Gasteiger partial charge in [-0.1, -0.05) is 19.9 Å². The maximum Gasteiger partial charge on any atom is 0.145 e. The predicted molar refractivity (Wildman–Crippen MR) is 68.4 cm³/mol. The summed E-state index contributed by atoms with van der Waals surface area (Å²) in [7, 11) is 3.25. The first-order valence-corrected chi connectivity index (χ1v) is 5.48. The zero-order valence-electron chi connectivity index (χ0n) is 10.5. The summed E-state index contributed by atoms with van der Waals surface area (Å²) in [6.07, 6.45) is 0. The monoisotopic (exact) mass is 226 g/mol. The van der Waals surface area contributed by atoms with Gasteiger partial charge < -0.3 is 20.5 Å². The quantitative estimate of drug-likeness (QED) is 0.807. The summed E-state index contributed by atoms with van der Waals surface area (Å²) >= 11 is 0. The lowest BCUT2D eigenvalue weighted by molar-refractivity contribution is 0.397. The Labute approximate surface area is 97.7 Å². The average Bonchev–Trinajstić information content (AvgIpc) is 2.38. The van der Waals surface area contributed by atoms with Crippen molar-refractivity contribution in [3.05, 3.63) is 18.2 Å². The first kappa shape index (κ1) is 14.6. The third-order valence-electron chi connectivity index (χ3n) is 1.87. The molecule has 0 unspecified atom stereocenters. The molecule has 0 aliphatic heterocycles. The summed E-state index contributed by atoms with van der Waals surface area (Å²) in [5.41, 5.74) is 6.27. The van der Waals surface area contributed by atoms with E-state index in [4.69, 9.17) is 15.2 Å². The number of nitrogens with one attached hydrogen (secondary N) is 1. The Kier molecular flexibility index (Phi) is 8.07. The van der Waals surface area contributed by atoms with Gasteiger partial charge >= 0.3 is 0 Å². The van der Waals surface area contributed by atoms with E-state index in [9.17, 15) is 0 Å². The molecule has 0 bridgehead atoms. The number of para-hydroxylation sites is 1. The van der Waals surface area contributed by atoms with Crippen molar-refractivity contribution in [3.8, 4) is 11.5 Å². The van der Waals surface area contributed by atoms with Crippen LogP contribution >= 0.6 is 0 Å². The fraction of sp³-hybridized carbons (Fsp3) is 0.500. The van der Waals surface area contributed by atoms with Gasteiger partial charge in [-0.3, -0.25) is 0 Å². The Hall–Kier alpha value is -1.42. The van der Waals surface area contributed by atoms with E-state index in [-0.39, 0.29) is 0 Å². The highest BCUT2D eigenvalue weighted by molar-refractivity contribution is 5.66. The van der Waals surface area contributed by atoms with E-state index in [2.05, 4.69) is 5.32 Å². The van der Waals surface area contributed by atoms with Gasteiger partial charge in [0.15, 0.2) is 0 Å². The van der Waals surface area contributed by atoms with E-state index in [1.807, 2.05) is 32.0 Å². The molecule has 4 heteroatoms. The largest absolute Gasteiger partial charge is 0.494 e. The number of hydrogen-bond acceptors (Lipinski definition) is 4. The van der Waals surface area contributed by atoms with Crippen LogP contribution in [0.5, 0.6) is 11.5 Å². The molecule has 0 spiro atoms. The van der Waals surface area contributed by atoms with Gasteiger partial charge in [-0.2, -0.15) is 0 Å². The highest BCUT2D eigenvalue weighted by Gasteiger charge is 2.07. The SMILES string of the molecule is CC.COc1cccc(OC)c1NCCN. The maximum absolute atomic E-state index is 5.42. The molecule has 4 nitrogen and oxygen atoms in total. The van der Waals surface area contributed by atoms with Crippen LogP contribution < -0.4 is 20.5 Å². The van der Waals surface area contributed by atoms with Crippen LogP contribution in [-0.2, 0) is 0 Å². The molecule has 0 heterocycles. The number of ether oxygens (including phenoxy) is 2. The molecule has 92 valence electrons. The molecule has 0 aliphatic carbocycles. The number of anilines is 1. The van der Waals surface area contributed by atoms with Crippen LogP contribution in [0.4, 0.5) is 5.69 Å². The van der Waals surface area contributed by atoms with Crippen molar-refractivity contribution in [2.24, 2.45) is 5.73 Å². The number of benzene rings is 1. The number of methoxy groups -OCH3 is 2. The number of rotatable bonds is 5. The van der Waals surface area contributed by atoms with Crippen LogP contribution in [0.2, 0.25) is 0 Å². The molecule has 1 rings (SSSR count). The summed E-state index contributed by atoms with van der Waals surface area (Å²) < 4.78 is 10.4. The summed E-state index contributed by atoms with van der Waals surface area (Å²) in [5, 5.41) is 3.16. The normalized spacial score (nSPS) is 8.81. The first-order chi connectivity index (χ1) is 7.83. The molecule has 0 saturated carbocycles. The smallest absolute Gasteiger partial charge is 0.145 e. The summed E-state index contributed by atoms with van der Waals surface area (Å²) in [4.78, 5) is 0. The lowest BCUT2D eigenvalue weighted by atomic mass is 10.2. The molecular formula is C12H22N2O2. The number of hydrogen-bond donors (Lipinski definition) is 2. The maximum atomic E-state index is 5.42. The molecule has 3 N–H and O–H groups in total. The van der Waals surface area contributed by atoms with E-state index in [1.54, 1.807) is 14.2 Å². The molecule has 1 aromatic rings. The van der Waals surface area contributed by atoms with E-state index >= 15 is 0 Å². The molecule has 0 fully saturated rings. The highest BCUT2D eigenvalue weighted by atomic mass is 16.5. The van der Waals surface area contributed by atoms with Gasteiger partial charge in [0, 0.05) is 13.1 Å². The second-order valence-corrected chi connectivity index (χ2v) is 2.75. The Balaban J connectivity index is 0.00000106. The standard InChI is InChI=1S/C10H16N2O2.C2H6/c1-13-8-4-3-5-9(14-2)10(8)12-7-6-11;1-2/h3-5,12H,6-7,11H2,1-2H3;1-2H3. The molecule has 0 radical (unpaired) electrons. The average molecular weight is 226 g/mol. The Morgan fingerprint density at radius 2 is 1.62 bits per heavy atom. The lowest BCUT2D eigenvalue weighted by Gasteiger charge is -2.13. The zero-order valence-corrected chi connectivity index (χ0v) is 10.5. The number of nitrogens with two attached hydrogens (primary N) is 1. The molecule has 0 amide bonds. The lowest BCUT2D eigenvalue weighted by Crippen LogP contribution is -2.14. The summed E-state index contributed by atoms with van der Waals surface area (Å²) in [5.74, 6) is 1.52. The van der Waals surface area contributed by atoms with Gasteiger partial charge in [-0.15, -0.1) is 0 Å². The van der Waals surface area contributed by atoms with Crippen molar-refractivity contribution in [3.63, 3.8) is 0 Å². The minimum Gasteiger partial charge on any atom is -0.494 e. The van der Waals surface area contributed by atoms with Gasteiger partial charge in [-0.25, -0.2) is 0 Å². The van der Waals surface area contributed by atoms with Crippen molar-refractivity contribution >= 4 is 5.69 Å². The van der Waals surface area contributed by atoms with Crippen molar-refractivity contribution in [1.29, 1.82) is 0 Å². The Bertz CT molecular complexity index is 268. The van der Waals surface area contributed by atoms with Crippen LogP contribution in [-0.4, -0.2) is 27.3 Å². The van der Waals surface area contributed by atoms with Crippen molar-refractivity contribution in [1.82, 2.24) is 0 Å². The van der Waals surface area contributed by atoms with Gasteiger partial charge in [0.25, 0.3) is 0 Å². The predicted octanol–water partition coefficient (Wildman–Crippen LogP) is 2.10. The van der Waals surface area contributed by atoms with Gasteiger partial charge in [0.2, 0.25) is 0 Å².